The van der Waals surface area contributed by atoms with Crippen molar-refractivity contribution in [2.75, 3.05) is 18.5 Å². The average molecular weight is 278 g/mol. The van der Waals surface area contributed by atoms with Gasteiger partial charge in [0, 0.05) is 18.2 Å². The second kappa shape index (κ2) is 8.59. The second-order valence-electron chi connectivity index (χ2n) is 5.66. The Morgan fingerprint density at radius 1 is 1.35 bits per heavy atom. The minimum atomic E-state index is 0.0197. The number of hydrogen-bond donors (Lipinski definition) is 2. The van der Waals surface area contributed by atoms with Crippen LogP contribution in [0, 0.1) is 11.8 Å². The zero-order valence-electron chi connectivity index (χ0n) is 12.7. The fraction of sp³-hybridized carbons (Fsp3) is 0.562. The van der Waals surface area contributed by atoms with E-state index in [1.165, 1.54) is 0 Å². The Labute approximate surface area is 121 Å². The van der Waals surface area contributed by atoms with Gasteiger partial charge in [0.15, 0.2) is 0 Å². The summed E-state index contributed by atoms with van der Waals surface area (Å²) in [5.74, 6) is 1.66. The Balaban J connectivity index is 2.46. The first-order valence-electron chi connectivity index (χ1n) is 7.24. The summed E-state index contributed by atoms with van der Waals surface area (Å²) in [4.78, 5) is 11.8. The Morgan fingerprint density at radius 3 is 2.75 bits per heavy atom. The number of nitrogens with one attached hydrogen (secondary N) is 1. The van der Waals surface area contributed by atoms with Crippen LogP contribution in [-0.2, 0) is 4.79 Å². The molecule has 0 saturated heterocycles. The quantitative estimate of drug-likeness (QED) is 0.768. The molecule has 20 heavy (non-hydrogen) atoms. The number of benzene rings is 1. The molecule has 3 N–H and O–H groups in total. The van der Waals surface area contributed by atoms with Crippen molar-refractivity contribution in [2.24, 2.45) is 17.6 Å². The summed E-state index contributed by atoms with van der Waals surface area (Å²) in [5, 5.41) is 2.89. The highest BCUT2D eigenvalue weighted by Gasteiger charge is 2.06. The molecule has 112 valence electrons. The van der Waals surface area contributed by atoms with Crippen molar-refractivity contribution >= 4 is 11.6 Å². The van der Waals surface area contributed by atoms with Gasteiger partial charge in [0.2, 0.25) is 5.91 Å². The first kappa shape index (κ1) is 16.5. The van der Waals surface area contributed by atoms with Crippen LogP contribution in [-0.4, -0.2) is 19.1 Å². The van der Waals surface area contributed by atoms with Crippen LogP contribution >= 0.6 is 0 Å². The maximum Gasteiger partial charge on any atom is 0.224 e. The fourth-order valence-corrected chi connectivity index (χ4v) is 1.65. The highest BCUT2D eigenvalue weighted by atomic mass is 16.5. The standard InChI is InChI=1S/C16H26N2O2/c1-12(2)11-20-15-6-4-5-14(9-15)18-16(19)8-7-13(3)10-17/h4-6,9,12-13H,7-8,10-11,17H2,1-3H3,(H,18,19). The first-order valence-corrected chi connectivity index (χ1v) is 7.24. The molecule has 0 radical (unpaired) electrons. The van der Waals surface area contributed by atoms with Gasteiger partial charge < -0.3 is 15.8 Å². The van der Waals surface area contributed by atoms with Crippen LogP contribution < -0.4 is 15.8 Å². The van der Waals surface area contributed by atoms with Crippen molar-refractivity contribution in [3.63, 3.8) is 0 Å². The fourth-order valence-electron chi connectivity index (χ4n) is 1.65. The van der Waals surface area contributed by atoms with Gasteiger partial charge in [-0.2, -0.15) is 0 Å². The van der Waals surface area contributed by atoms with Crippen LogP contribution in [0.5, 0.6) is 5.75 Å². The van der Waals surface area contributed by atoms with E-state index in [0.29, 0.717) is 31.4 Å². The monoisotopic (exact) mass is 278 g/mol. The molecule has 0 spiro atoms. The van der Waals surface area contributed by atoms with E-state index in [-0.39, 0.29) is 5.91 Å². The summed E-state index contributed by atoms with van der Waals surface area (Å²) in [6.07, 6.45) is 1.31. The normalized spacial score (nSPS) is 12.2. The average Bonchev–Trinajstić information content (AvgIpc) is 2.43. The van der Waals surface area contributed by atoms with Crippen LogP contribution in [0.2, 0.25) is 0 Å². The third kappa shape index (κ3) is 6.57. The third-order valence-electron chi connectivity index (χ3n) is 2.97. The van der Waals surface area contributed by atoms with E-state index in [0.717, 1.165) is 17.9 Å². The van der Waals surface area contributed by atoms with Crippen LogP contribution in [0.25, 0.3) is 0 Å². The lowest BCUT2D eigenvalue weighted by Crippen LogP contribution is -2.16. The first-order chi connectivity index (χ1) is 9.51. The van der Waals surface area contributed by atoms with Gasteiger partial charge in [0.1, 0.15) is 5.75 Å². The number of carbonyl (C=O) groups excluding carboxylic acids is 1. The smallest absolute Gasteiger partial charge is 0.224 e. The van der Waals surface area contributed by atoms with Gasteiger partial charge in [-0.05, 0) is 36.9 Å². The lowest BCUT2D eigenvalue weighted by Gasteiger charge is -2.11. The number of carbonyl (C=O) groups is 1. The highest BCUT2D eigenvalue weighted by molar-refractivity contribution is 5.90. The maximum absolute atomic E-state index is 11.8. The predicted molar refractivity (Wildman–Crippen MR) is 82.9 cm³/mol. The molecule has 4 heteroatoms. The van der Waals surface area contributed by atoms with Gasteiger partial charge in [0.25, 0.3) is 0 Å². The van der Waals surface area contributed by atoms with Crippen molar-refractivity contribution in [3.05, 3.63) is 24.3 Å². The Kier molecular flexibility index (Phi) is 7.09. The summed E-state index contributed by atoms with van der Waals surface area (Å²) in [6, 6.07) is 7.50. The molecule has 1 amide bonds. The van der Waals surface area contributed by atoms with E-state index in [4.69, 9.17) is 10.5 Å². The number of amides is 1. The van der Waals surface area contributed by atoms with Crippen LogP contribution in [0.15, 0.2) is 24.3 Å². The molecule has 0 aliphatic carbocycles. The molecule has 0 saturated carbocycles. The van der Waals surface area contributed by atoms with Gasteiger partial charge >= 0.3 is 0 Å². The van der Waals surface area contributed by atoms with Crippen molar-refractivity contribution in [1.82, 2.24) is 0 Å². The molecular formula is C16H26N2O2. The molecule has 1 atom stereocenters. The Bertz CT molecular complexity index is 419. The largest absolute Gasteiger partial charge is 0.493 e. The van der Waals surface area contributed by atoms with E-state index in [9.17, 15) is 4.79 Å². The van der Waals surface area contributed by atoms with Crippen LogP contribution in [0.1, 0.15) is 33.6 Å². The van der Waals surface area contributed by atoms with Crippen molar-refractivity contribution in [2.45, 2.75) is 33.6 Å². The number of hydrogen-bond acceptors (Lipinski definition) is 3. The molecule has 1 rings (SSSR count). The zero-order chi connectivity index (χ0) is 15.0. The minimum absolute atomic E-state index is 0.0197. The molecule has 0 aliphatic rings. The Morgan fingerprint density at radius 2 is 2.10 bits per heavy atom. The van der Waals surface area contributed by atoms with Crippen LogP contribution in [0.4, 0.5) is 5.69 Å². The number of anilines is 1. The van der Waals surface area contributed by atoms with Crippen molar-refractivity contribution < 1.29 is 9.53 Å². The van der Waals surface area contributed by atoms with E-state index >= 15 is 0 Å². The molecule has 4 nitrogen and oxygen atoms in total. The molecule has 1 aromatic carbocycles. The minimum Gasteiger partial charge on any atom is -0.493 e. The van der Waals surface area contributed by atoms with E-state index < -0.39 is 0 Å². The molecular weight excluding hydrogens is 252 g/mol. The van der Waals surface area contributed by atoms with Gasteiger partial charge in [-0.25, -0.2) is 0 Å². The molecule has 1 unspecified atom stereocenters. The molecule has 0 aliphatic heterocycles. The van der Waals surface area contributed by atoms with E-state index in [2.05, 4.69) is 19.2 Å². The van der Waals surface area contributed by atoms with Gasteiger partial charge in [-0.1, -0.05) is 26.8 Å². The summed E-state index contributed by atoms with van der Waals surface area (Å²) < 4.78 is 5.64. The van der Waals surface area contributed by atoms with Crippen molar-refractivity contribution in [1.29, 1.82) is 0 Å². The molecule has 0 bridgehead atoms. The summed E-state index contributed by atoms with van der Waals surface area (Å²) in [6.45, 7) is 7.54. The van der Waals surface area contributed by atoms with Crippen molar-refractivity contribution in [3.8, 4) is 5.75 Å². The topological polar surface area (TPSA) is 64.3 Å². The molecule has 0 heterocycles. The van der Waals surface area contributed by atoms with Gasteiger partial charge in [0.05, 0.1) is 6.61 Å². The molecule has 0 fully saturated rings. The Hall–Kier alpha value is -1.55. The lowest BCUT2D eigenvalue weighted by molar-refractivity contribution is -0.116. The van der Waals surface area contributed by atoms with E-state index in [1.807, 2.05) is 31.2 Å². The number of nitrogens with two attached hydrogens (primary N) is 1. The second-order valence-corrected chi connectivity index (χ2v) is 5.66. The lowest BCUT2D eigenvalue weighted by atomic mass is 10.1. The number of ether oxygens (including phenoxy) is 1. The highest BCUT2D eigenvalue weighted by Crippen LogP contribution is 2.18. The summed E-state index contributed by atoms with van der Waals surface area (Å²) >= 11 is 0. The summed E-state index contributed by atoms with van der Waals surface area (Å²) in [5.41, 5.74) is 6.31. The van der Waals surface area contributed by atoms with E-state index in [1.54, 1.807) is 0 Å². The number of rotatable bonds is 8. The van der Waals surface area contributed by atoms with Gasteiger partial charge in [-0.15, -0.1) is 0 Å². The SMILES string of the molecule is CC(C)COc1cccc(NC(=O)CCC(C)CN)c1. The maximum atomic E-state index is 11.8. The summed E-state index contributed by atoms with van der Waals surface area (Å²) in [7, 11) is 0. The van der Waals surface area contributed by atoms with Gasteiger partial charge in [-0.3, -0.25) is 4.79 Å². The molecule has 0 aromatic heterocycles. The molecule has 1 aromatic rings. The zero-order valence-corrected chi connectivity index (χ0v) is 12.7. The predicted octanol–water partition coefficient (Wildman–Crippen LogP) is 3.03. The third-order valence-corrected chi connectivity index (χ3v) is 2.97. The van der Waals surface area contributed by atoms with Crippen LogP contribution in [0.3, 0.4) is 0 Å².